The number of ether oxygens (including phenoxy) is 2. The van der Waals surface area contributed by atoms with Crippen LogP contribution in [-0.4, -0.2) is 52.3 Å². The Hall–Kier alpha value is -3.05. The molecule has 1 aromatic carbocycles. The summed E-state index contributed by atoms with van der Waals surface area (Å²) in [6.45, 7) is 1.94. The van der Waals surface area contributed by atoms with Gasteiger partial charge in [-0.05, 0) is 38.0 Å². The summed E-state index contributed by atoms with van der Waals surface area (Å²) in [5.74, 6) is -1.72. The summed E-state index contributed by atoms with van der Waals surface area (Å²) in [5.41, 5.74) is 0.228. The predicted molar refractivity (Wildman–Crippen MR) is 102 cm³/mol. The first-order chi connectivity index (χ1) is 13.9. The Morgan fingerprint density at radius 3 is 2.93 bits per heavy atom. The molecule has 29 heavy (non-hydrogen) atoms. The number of aromatic nitrogens is 2. The van der Waals surface area contributed by atoms with Gasteiger partial charge in [0.2, 0.25) is 11.0 Å². The summed E-state index contributed by atoms with van der Waals surface area (Å²) in [5, 5.41) is 20.9. The molecule has 0 bridgehead atoms. The van der Waals surface area contributed by atoms with Crippen LogP contribution < -0.4 is 15.0 Å². The maximum absolute atomic E-state index is 12.6. The van der Waals surface area contributed by atoms with Crippen LogP contribution in [0.25, 0.3) is 0 Å². The van der Waals surface area contributed by atoms with Gasteiger partial charge in [-0.15, -0.1) is 10.2 Å². The second-order valence-electron chi connectivity index (χ2n) is 6.67. The highest BCUT2D eigenvalue weighted by atomic mass is 32.1. The minimum atomic E-state index is -1.14. The summed E-state index contributed by atoms with van der Waals surface area (Å²) < 4.78 is 11.1. The lowest BCUT2D eigenvalue weighted by molar-refractivity contribution is -0.127. The molecule has 1 saturated heterocycles. The molecule has 2 aliphatic heterocycles. The van der Waals surface area contributed by atoms with Crippen molar-refractivity contribution < 1.29 is 29.0 Å². The number of carbonyl (C=O) groups is 3. The molecule has 2 unspecified atom stereocenters. The second-order valence-corrected chi connectivity index (χ2v) is 7.68. The average molecular weight is 418 g/mol. The number of anilines is 2. The van der Waals surface area contributed by atoms with Crippen LogP contribution >= 0.6 is 11.3 Å². The molecule has 3 heterocycles. The Bertz CT molecular complexity index is 971. The molecule has 4 rings (SSSR count). The van der Waals surface area contributed by atoms with Gasteiger partial charge in [-0.2, -0.15) is 0 Å². The Labute approximate surface area is 169 Å². The van der Waals surface area contributed by atoms with Crippen LogP contribution in [0.4, 0.5) is 10.8 Å². The number of carboxylic acid groups (broad SMARTS) is 1. The third kappa shape index (κ3) is 3.91. The summed E-state index contributed by atoms with van der Waals surface area (Å²) in [6.07, 6.45) is 0.937. The molecule has 2 atom stereocenters. The molecule has 0 spiro atoms. The Kier molecular flexibility index (Phi) is 5.16. The van der Waals surface area contributed by atoms with Gasteiger partial charge < -0.3 is 14.6 Å². The Morgan fingerprint density at radius 1 is 1.38 bits per heavy atom. The van der Waals surface area contributed by atoms with Crippen molar-refractivity contribution in [2.75, 3.05) is 23.4 Å². The van der Waals surface area contributed by atoms with Gasteiger partial charge in [0.05, 0.1) is 11.3 Å². The third-order valence-electron chi connectivity index (χ3n) is 4.61. The number of hydrogen-bond donors (Lipinski definition) is 2. The number of carboxylic acids is 1. The highest BCUT2D eigenvalue weighted by molar-refractivity contribution is 7.15. The van der Waals surface area contributed by atoms with E-state index in [1.165, 1.54) is 34.4 Å². The zero-order chi connectivity index (χ0) is 20.5. The number of fused-ring (bicyclic) bond motifs is 1. The lowest BCUT2D eigenvalue weighted by atomic mass is 10.1. The zero-order valence-electron chi connectivity index (χ0n) is 15.5. The number of rotatable bonds is 5. The minimum absolute atomic E-state index is 0.00885. The van der Waals surface area contributed by atoms with E-state index in [1.807, 2.05) is 0 Å². The van der Waals surface area contributed by atoms with E-state index in [4.69, 9.17) is 9.47 Å². The van der Waals surface area contributed by atoms with Crippen LogP contribution in [-0.2, 0) is 14.3 Å². The number of carbonyl (C=O) groups excluding carboxylic acids is 2. The van der Waals surface area contributed by atoms with Crippen molar-refractivity contribution >= 4 is 39.9 Å². The van der Waals surface area contributed by atoms with Crippen molar-refractivity contribution in [1.29, 1.82) is 0 Å². The maximum Gasteiger partial charge on any atom is 0.335 e. The van der Waals surface area contributed by atoms with Crippen molar-refractivity contribution in [3.8, 4) is 5.75 Å². The molecule has 2 N–H and O–H groups in total. The third-order valence-corrected chi connectivity index (χ3v) is 5.54. The van der Waals surface area contributed by atoms with Crippen molar-refractivity contribution in [2.45, 2.75) is 32.0 Å². The zero-order valence-corrected chi connectivity index (χ0v) is 16.3. The number of nitrogens with one attached hydrogen (secondary N) is 1. The van der Waals surface area contributed by atoms with Crippen LogP contribution in [0.2, 0.25) is 0 Å². The Morgan fingerprint density at radius 2 is 2.21 bits per heavy atom. The van der Waals surface area contributed by atoms with E-state index in [9.17, 15) is 19.5 Å². The first-order valence-electron chi connectivity index (χ1n) is 9.02. The number of hydrogen-bond acceptors (Lipinski definition) is 8. The van der Waals surface area contributed by atoms with Gasteiger partial charge in [0.1, 0.15) is 23.4 Å². The maximum atomic E-state index is 12.6. The SMILES string of the molecule is CC1Oc2ccc(C(=O)O)cc2N(CC(=O)Nc2nnc(C3CCCO3)s2)C1=O. The molecule has 0 aliphatic carbocycles. The van der Waals surface area contributed by atoms with Gasteiger partial charge in [0.15, 0.2) is 6.10 Å². The monoisotopic (exact) mass is 418 g/mol. The van der Waals surface area contributed by atoms with Crippen LogP contribution in [0.15, 0.2) is 18.2 Å². The number of aromatic carboxylic acids is 1. The van der Waals surface area contributed by atoms with Crippen LogP contribution in [0.3, 0.4) is 0 Å². The van der Waals surface area contributed by atoms with E-state index in [1.54, 1.807) is 6.92 Å². The predicted octanol–water partition coefficient (Wildman–Crippen LogP) is 1.84. The lowest BCUT2D eigenvalue weighted by Crippen LogP contribution is -2.47. The van der Waals surface area contributed by atoms with E-state index in [0.29, 0.717) is 22.5 Å². The van der Waals surface area contributed by atoms with Gasteiger partial charge in [0.25, 0.3) is 5.91 Å². The van der Waals surface area contributed by atoms with Gasteiger partial charge >= 0.3 is 5.97 Å². The number of amides is 2. The van der Waals surface area contributed by atoms with E-state index in [2.05, 4.69) is 15.5 Å². The molecule has 0 saturated carbocycles. The van der Waals surface area contributed by atoms with Crippen LogP contribution in [0.5, 0.6) is 5.75 Å². The van der Waals surface area contributed by atoms with Gasteiger partial charge in [-0.25, -0.2) is 4.79 Å². The van der Waals surface area contributed by atoms with E-state index < -0.39 is 23.9 Å². The molecule has 11 heteroatoms. The first-order valence-corrected chi connectivity index (χ1v) is 9.84. The fourth-order valence-electron chi connectivity index (χ4n) is 3.19. The van der Waals surface area contributed by atoms with Crippen LogP contribution in [0, 0.1) is 0 Å². The van der Waals surface area contributed by atoms with Crippen LogP contribution in [0.1, 0.15) is 41.2 Å². The molecule has 1 fully saturated rings. The number of benzene rings is 1. The van der Waals surface area contributed by atoms with Crippen molar-refractivity contribution in [1.82, 2.24) is 10.2 Å². The molecule has 0 radical (unpaired) electrons. The van der Waals surface area contributed by atoms with Gasteiger partial charge in [-0.1, -0.05) is 11.3 Å². The van der Waals surface area contributed by atoms with Gasteiger partial charge in [0, 0.05) is 6.61 Å². The molecule has 1 aromatic heterocycles. The highest BCUT2D eigenvalue weighted by Gasteiger charge is 2.33. The fourth-order valence-corrected chi connectivity index (χ4v) is 4.04. The van der Waals surface area contributed by atoms with Crippen molar-refractivity contribution in [3.05, 3.63) is 28.8 Å². The summed E-state index contributed by atoms with van der Waals surface area (Å²) >= 11 is 1.23. The molecule has 152 valence electrons. The average Bonchev–Trinajstić information content (AvgIpc) is 3.36. The quantitative estimate of drug-likeness (QED) is 0.752. The van der Waals surface area contributed by atoms with E-state index in [-0.39, 0.29) is 23.9 Å². The largest absolute Gasteiger partial charge is 0.479 e. The second kappa shape index (κ2) is 7.76. The Balaban J connectivity index is 1.50. The first kappa shape index (κ1) is 19.3. The normalized spacial score (nSPS) is 20.9. The smallest absolute Gasteiger partial charge is 0.335 e. The molecular formula is C18H18N4O6S. The topological polar surface area (TPSA) is 131 Å². The van der Waals surface area contributed by atoms with Gasteiger partial charge in [-0.3, -0.25) is 19.8 Å². The van der Waals surface area contributed by atoms with E-state index >= 15 is 0 Å². The molecule has 2 aromatic rings. The standard InChI is InChI=1S/C18H18N4O6S/c1-9-16(24)22(11-7-10(17(25)26)4-5-12(11)28-9)8-14(23)19-18-21-20-15(29-18)13-3-2-6-27-13/h4-5,7,9,13H,2-3,6,8H2,1H3,(H,25,26)(H,19,21,23). The lowest BCUT2D eigenvalue weighted by Gasteiger charge is -2.32. The highest BCUT2D eigenvalue weighted by Crippen LogP contribution is 2.35. The summed E-state index contributed by atoms with van der Waals surface area (Å²) in [7, 11) is 0. The van der Waals surface area contributed by atoms with Crippen molar-refractivity contribution in [2.24, 2.45) is 0 Å². The van der Waals surface area contributed by atoms with Crippen molar-refractivity contribution in [3.63, 3.8) is 0 Å². The molecule has 2 amide bonds. The molecular weight excluding hydrogens is 400 g/mol. The summed E-state index contributed by atoms with van der Waals surface area (Å²) in [4.78, 5) is 37.6. The summed E-state index contributed by atoms with van der Waals surface area (Å²) in [6, 6.07) is 4.18. The fraction of sp³-hybridized carbons (Fsp3) is 0.389. The van der Waals surface area contributed by atoms with E-state index in [0.717, 1.165) is 12.8 Å². The molecule has 10 nitrogen and oxygen atoms in total. The minimum Gasteiger partial charge on any atom is -0.479 e. The molecule has 2 aliphatic rings. The number of nitrogens with zero attached hydrogens (tertiary/aromatic N) is 3.